The van der Waals surface area contributed by atoms with Gasteiger partial charge in [-0.1, -0.05) is 29.8 Å². The van der Waals surface area contributed by atoms with Gasteiger partial charge in [-0.05, 0) is 30.7 Å². The number of nitrogens with one attached hydrogen (secondary N) is 1. The van der Waals surface area contributed by atoms with Gasteiger partial charge in [-0.2, -0.15) is 5.26 Å². The molecule has 0 atom stereocenters. The minimum absolute atomic E-state index is 0.0887. The molecule has 0 fully saturated rings. The summed E-state index contributed by atoms with van der Waals surface area (Å²) in [6, 6.07) is 12.8. The van der Waals surface area contributed by atoms with Crippen LogP contribution in [0.25, 0.3) is 0 Å². The standard InChI is InChI=1S/C15H13ClN2O/c1-10-5-6-11(8-17)7-14(10)18-9-12-3-2-4-13(16)15(12)19/h2-7,18-19H,9H2,1H3. The number of para-hydroxylation sites is 1. The molecule has 0 aliphatic rings. The molecule has 2 aromatic rings. The Labute approximate surface area is 117 Å². The first-order chi connectivity index (χ1) is 9.11. The van der Waals surface area contributed by atoms with Crippen molar-refractivity contribution in [3.05, 3.63) is 58.1 Å². The lowest BCUT2D eigenvalue weighted by molar-refractivity contribution is 0.469. The van der Waals surface area contributed by atoms with Crippen molar-refractivity contribution in [3.63, 3.8) is 0 Å². The third-order valence-corrected chi connectivity index (χ3v) is 3.21. The maximum absolute atomic E-state index is 9.82. The highest BCUT2D eigenvalue weighted by Crippen LogP contribution is 2.28. The van der Waals surface area contributed by atoms with Crippen LogP contribution in [-0.2, 0) is 6.54 Å². The van der Waals surface area contributed by atoms with Crippen molar-refractivity contribution in [1.29, 1.82) is 5.26 Å². The molecule has 0 aromatic heterocycles. The third kappa shape index (κ3) is 2.98. The van der Waals surface area contributed by atoms with Crippen LogP contribution < -0.4 is 5.32 Å². The van der Waals surface area contributed by atoms with Gasteiger partial charge in [0.2, 0.25) is 0 Å². The van der Waals surface area contributed by atoms with E-state index in [-0.39, 0.29) is 5.75 Å². The minimum atomic E-state index is 0.0887. The Hall–Kier alpha value is -2.18. The molecule has 2 N–H and O–H groups in total. The molecular weight excluding hydrogens is 260 g/mol. The van der Waals surface area contributed by atoms with E-state index in [1.54, 1.807) is 30.3 Å². The first-order valence-electron chi connectivity index (χ1n) is 5.83. The summed E-state index contributed by atoms with van der Waals surface area (Å²) in [6.45, 7) is 2.41. The van der Waals surface area contributed by atoms with Gasteiger partial charge in [-0.15, -0.1) is 0 Å². The quantitative estimate of drug-likeness (QED) is 0.893. The molecule has 3 nitrogen and oxygen atoms in total. The smallest absolute Gasteiger partial charge is 0.139 e. The molecule has 0 aliphatic heterocycles. The Bertz CT molecular complexity index is 647. The molecule has 0 amide bonds. The van der Waals surface area contributed by atoms with Gasteiger partial charge < -0.3 is 10.4 Å². The van der Waals surface area contributed by atoms with Crippen molar-refractivity contribution >= 4 is 17.3 Å². The minimum Gasteiger partial charge on any atom is -0.506 e. The SMILES string of the molecule is Cc1ccc(C#N)cc1NCc1cccc(Cl)c1O. The van der Waals surface area contributed by atoms with Gasteiger partial charge in [-0.3, -0.25) is 0 Å². The Kier molecular flexibility index (Phi) is 3.94. The van der Waals surface area contributed by atoms with Gasteiger partial charge >= 0.3 is 0 Å². The van der Waals surface area contributed by atoms with Crippen LogP contribution in [0.3, 0.4) is 0 Å². The van der Waals surface area contributed by atoms with Crippen LogP contribution in [0.4, 0.5) is 5.69 Å². The summed E-state index contributed by atoms with van der Waals surface area (Å²) in [7, 11) is 0. The molecule has 0 radical (unpaired) electrons. The summed E-state index contributed by atoms with van der Waals surface area (Å²) in [5.74, 6) is 0.0887. The molecular formula is C15H13ClN2O. The number of anilines is 1. The number of rotatable bonds is 3. The Morgan fingerprint density at radius 2 is 2.11 bits per heavy atom. The van der Waals surface area contributed by atoms with Crippen LogP contribution in [0, 0.1) is 18.3 Å². The maximum Gasteiger partial charge on any atom is 0.139 e. The number of nitriles is 1. The van der Waals surface area contributed by atoms with E-state index in [0.717, 1.165) is 11.3 Å². The fourth-order valence-corrected chi connectivity index (χ4v) is 1.97. The van der Waals surface area contributed by atoms with Crippen molar-refractivity contribution in [3.8, 4) is 11.8 Å². The van der Waals surface area contributed by atoms with Gasteiger partial charge in [0.15, 0.2) is 0 Å². The largest absolute Gasteiger partial charge is 0.506 e. The second-order valence-corrected chi connectivity index (χ2v) is 4.65. The number of benzene rings is 2. The highest BCUT2D eigenvalue weighted by molar-refractivity contribution is 6.32. The summed E-state index contributed by atoms with van der Waals surface area (Å²) in [6.07, 6.45) is 0. The van der Waals surface area contributed by atoms with Crippen LogP contribution in [0.2, 0.25) is 5.02 Å². The van der Waals surface area contributed by atoms with Gasteiger partial charge in [0.05, 0.1) is 16.7 Å². The fraction of sp³-hybridized carbons (Fsp3) is 0.133. The molecule has 2 rings (SSSR count). The van der Waals surface area contributed by atoms with E-state index in [1.807, 2.05) is 13.0 Å². The van der Waals surface area contributed by atoms with Crippen LogP contribution in [0.1, 0.15) is 16.7 Å². The summed E-state index contributed by atoms with van der Waals surface area (Å²) in [5.41, 5.74) is 3.23. The molecule has 96 valence electrons. The van der Waals surface area contributed by atoms with Crippen LogP contribution >= 0.6 is 11.6 Å². The van der Waals surface area contributed by atoms with Crippen LogP contribution in [0.5, 0.6) is 5.75 Å². The summed E-state index contributed by atoms with van der Waals surface area (Å²) >= 11 is 5.85. The van der Waals surface area contributed by atoms with E-state index in [1.165, 1.54) is 0 Å². The molecule has 0 aliphatic carbocycles. The van der Waals surface area contributed by atoms with E-state index in [2.05, 4.69) is 11.4 Å². The first kappa shape index (κ1) is 13.3. The molecule has 0 bridgehead atoms. The van der Waals surface area contributed by atoms with Crippen LogP contribution in [0.15, 0.2) is 36.4 Å². The Morgan fingerprint density at radius 3 is 2.84 bits per heavy atom. The predicted molar refractivity (Wildman–Crippen MR) is 76.3 cm³/mol. The predicted octanol–water partition coefficient (Wildman–Crippen LogP) is 3.84. The second-order valence-electron chi connectivity index (χ2n) is 4.24. The number of phenolic OH excluding ortho intramolecular Hbond substituents is 1. The number of nitrogens with zero attached hydrogens (tertiary/aromatic N) is 1. The van der Waals surface area contributed by atoms with E-state index in [9.17, 15) is 5.11 Å². The Morgan fingerprint density at radius 1 is 1.32 bits per heavy atom. The van der Waals surface area contributed by atoms with Gasteiger partial charge in [0.25, 0.3) is 0 Å². The van der Waals surface area contributed by atoms with Crippen molar-refractivity contribution in [2.45, 2.75) is 13.5 Å². The number of hydrogen-bond donors (Lipinski definition) is 2. The van der Waals surface area contributed by atoms with Gasteiger partial charge in [0.1, 0.15) is 5.75 Å². The lowest BCUT2D eigenvalue weighted by Gasteiger charge is -2.11. The highest BCUT2D eigenvalue weighted by Gasteiger charge is 2.06. The number of aromatic hydroxyl groups is 1. The average Bonchev–Trinajstić information content (AvgIpc) is 2.42. The van der Waals surface area contributed by atoms with E-state index >= 15 is 0 Å². The molecule has 0 saturated carbocycles. The second kappa shape index (κ2) is 5.64. The molecule has 2 aromatic carbocycles. The zero-order chi connectivity index (χ0) is 13.8. The van der Waals surface area contributed by atoms with E-state index < -0.39 is 0 Å². The van der Waals surface area contributed by atoms with Crippen molar-refractivity contribution in [2.24, 2.45) is 0 Å². The molecule has 0 heterocycles. The maximum atomic E-state index is 9.82. The molecule has 4 heteroatoms. The highest BCUT2D eigenvalue weighted by atomic mass is 35.5. The fourth-order valence-electron chi connectivity index (χ4n) is 1.78. The third-order valence-electron chi connectivity index (χ3n) is 2.91. The van der Waals surface area contributed by atoms with Crippen molar-refractivity contribution < 1.29 is 5.11 Å². The monoisotopic (exact) mass is 272 g/mol. The summed E-state index contributed by atoms with van der Waals surface area (Å²) in [5, 5.41) is 22.2. The molecule has 0 saturated heterocycles. The van der Waals surface area contributed by atoms with E-state index in [4.69, 9.17) is 16.9 Å². The summed E-state index contributed by atoms with van der Waals surface area (Å²) < 4.78 is 0. The Balaban J connectivity index is 2.19. The topological polar surface area (TPSA) is 56.0 Å². The lowest BCUT2D eigenvalue weighted by Crippen LogP contribution is -2.01. The number of aryl methyl sites for hydroxylation is 1. The molecule has 0 spiro atoms. The number of hydrogen-bond acceptors (Lipinski definition) is 3. The van der Waals surface area contributed by atoms with Gasteiger partial charge in [-0.25, -0.2) is 0 Å². The number of halogens is 1. The molecule has 19 heavy (non-hydrogen) atoms. The first-order valence-corrected chi connectivity index (χ1v) is 6.20. The van der Waals surface area contributed by atoms with Gasteiger partial charge in [0, 0.05) is 17.8 Å². The van der Waals surface area contributed by atoms with Crippen LogP contribution in [-0.4, -0.2) is 5.11 Å². The number of phenols is 1. The lowest BCUT2D eigenvalue weighted by atomic mass is 10.1. The summed E-state index contributed by atoms with van der Waals surface area (Å²) in [4.78, 5) is 0. The zero-order valence-corrected chi connectivity index (χ0v) is 11.2. The molecule has 0 unspecified atom stereocenters. The van der Waals surface area contributed by atoms with Crippen molar-refractivity contribution in [1.82, 2.24) is 0 Å². The zero-order valence-electron chi connectivity index (χ0n) is 10.4. The normalized spacial score (nSPS) is 9.95. The van der Waals surface area contributed by atoms with Crippen molar-refractivity contribution in [2.75, 3.05) is 5.32 Å². The average molecular weight is 273 g/mol. The van der Waals surface area contributed by atoms with E-state index in [0.29, 0.717) is 22.7 Å².